The van der Waals surface area contributed by atoms with E-state index in [1.54, 1.807) is 0 Å². The highest BCUT2D eigenvalue weighted by Crippen LogP contribution is 2.37. The van der Waals surface area contributed by atoms with Gasteiger partial charge in [0.25, 0.3) is 0 Å². The van der Waals surface area contributed by atoms with Crippen molar-refractivity contribution in [2.24, 2.45) is 5.73 Å². The van der Waals surface area contributed by atoms with Crippen LogP contribution in [0.15, 0.2) is 158 Å². The largest absolute Gasteiger partial charge is 0.312 e. The Morgan fingerprint density at radius 3 is 1.80 bits per heavy atom. The van der Waals surface area contributed by atoms with Gasteiger partial charge in [-0.05, 0) is 76.6 Å². The first-order chi connectivity index (χ1) is 21.7. The first kappa shape index (κ1) is 26.4. The molecule has 2 unspecified atom stereocenters. The second-order valence-electron chi connectivity index (χ2n) is 11.5. The van der Waals surface area contributed by atoms with Crippen LogP contribution in [0.2, 0.25) is 0 Å². The summed E-state index contributed by atoms with van der Waals surface area (Å²) in [6.45, 7) is 0. The standard InChI is InChI=1S/C42H32N2/c43-42(31-13-2-1-3-14-31)44-39(38-20-10-16-30-23-21-28-11-4-8-18-35(28)40(30)38)26-25-37-34-17-7-6-15-32(34)27-33-24-22-29-12-5-9-19-36(29)41(33)37/h1-27,39,42,44H,43H2/b26-25+. The summed E-state index contributed by atoms with van der Waals surface area (Å²) in [5.41, 5.74) is 10.3. The van der Waals surface area contributed by atoms with Gasteiger partial charge in [-0.2, -0.15) is 0 Å². The lowest BCUT2D eigenvalue weighted by Gasteiger charge is -2.24. The number of benzene rings is 8. The van der Waals surface area contributed by atoms with E-state index < -0.39 is 0 Å². The van der Waals surface area contributed by atoms with E-state index >= 15 is 0 Å². The van der Waals surface area contributed by atoms with Gasteiger partial charge in [0.2, 0.25) is 0 Å². The van der Waals surface area contributed by atoms with E-state index in [1.165, 1.54) is 65.0 Å². The summed E-state index contributed by atoms with van der Waals surface area (Å²) in [5, 5.41) is 16.2. The van der Waals surface area contributed by atoms with Gasteiger partial charge in [0.15, 0.2) is 0 Å². The Labute approximate surface area is 257 Å². The highest BCUT2D eigenvalue weighted by atomic mass is 15.0. The smallest absolute Gasteiger partial charge is 0.0817 e. The first-order valence-corrected chi connectivity index (χ1v) is 15.2. The summed E-state index contributed by atoms with van der Waals surface area (Å²) >= 11 is 0. The van der Waals surface area contributed by atoms with Gasteiger partial charge in [-0.15, -0.1) is 0 Å². The average molecular weight is 565 g/mol. The summed E-state index contributed by atoms with van der Waals surface area (Å²) in [5.74, 6) is 0. The molecule has 44 heavy (non-hydrogen) atoms. The molecular formula is C42H32N2. The topological polar surface area (TPSA) is 38.0 Å². The molecule has 8 rings (SSSR count). The second kappa shape index (κ2) is 11.1. The zero-order valence-corrected chi connectivity index (χ0v) is 24.3. The Hall–Kier alpha value is -5.28. The fraction of sp³-hybridized carbons (Fsp3) is 0.0476. The van der Waals surface area contributed by atoms with Gasteiger partial charge in [0.05, 0.1) is 12.2 Å². The fourth-order valence-electron chi connectivity index (χ4n) is 6.79. The second-order valence-corrected chi connectivity index (χ2v) is 11.5. The Kier molecular flexibility index (Phi) is 6.64. The molecule has 0 spiro atoms. The number of nitrogens with one attached hydrogen (secondary N) is 1. The molecule has 2 nitrogen and oxygen atoms in total. The van der Waals surface area contributed by atoms with E-state index in [1.807, 2.05) is 18.2 Å². The molecule has 0 aliphatic heterocycles. The van der Waals surface area contributed by atoms with Crippen LogP contribution >= 0.6 is 0 Å². The van der Waals surface area contributed by atoms with Gasteiger partial charge in [0.1, 0.15) is 0 Å². The van der Waals surface area contributed by atoms with Crippen molar-refractivity contribution in [1.82, 2.24) is 5.32 Å². The van der Waals surface area contributed by atoms with E-state index in [4.69, 9.17) is 5.73 Å². The Morgan fingerprint density at radius 2 is 1.05 bits per heavy atom. The average Bonchev–Trinajstić information content (AvgIpc) is 3.09. The van der Waals surface area contributed by atoms with E-state index in [0.717, 1.165) is 5.56 Å². The Bertz CT molecular complexity index is 2340. The van der Waals surface area contributed by atoms with Crippen molar-refractivity contribution in [1.29, 1.82) is 0 Å². The monoisotopic (exact) mass is 564 g/mol. The highest BCUT2D eigenvalue weighted by molar-refractivity contribution is 6.17. The SMILES string of the molecule is NC(NC(/C=C/c1c2ccccc2cc2ccc3ccccc3c12)c1cccc2ccc3ccccc3c12)c1ccccc1. The lowest BCUT2D eigenvalue weighted by atomic mass is 9.90. The van der Waals surface area contributed by atoms with Crippen molar-refractivity contribution in [2.45, 2.75) is 12.2 Å². The summed E-state index contributed by atoms with van der Waals surface area (Å²) < 4.78 is 0. The molecule has 0 aliphatic carbocycles. The van der Waals surface area contributed by atoms with Crippen LogP contribution < -0.4 is 11.1 Å². The van der Waals surface area contributed by atoms with Crippen LogP contribution in [0.4, 0.5) is 0 Å². The molecular weight excluding hydrogens is 532 g/mol. The molecule has 0 amide bonds. The van der Waals surface area contributed by atoms with Gasteiger partial charge >= 0.3 is 0 Å². The molecule has 0 saturated carbocycles. The molecule has 0 fully saturated rings. The number of hydrogen-bond acceptors (Lipinski definition) is 2. The zero-order chi connectivity index (χ0) is 29.5. The van der Waals surface area contributed by atoms with Crippen molar-refractivity contribution in [3.63, 3.8) is 0 Å². The fourth-order valence-corrected chi connectivity index (χ4v) is 6.79. The Balaban J connectivity index is 1.37. The normalized spacial score (nSPS) is 13.4. The van der Waals surface area contributed by atoms with Crippen molar-refractivity contribution in [2.75, 3.05) is 0 Å². The van der Waals surface area contributed by atoms with Crippen LogP contribution in [0.25, 0.3) is 59.9 Å². The van der Waals surface area contributed by atoms with Crippen LogP contribution in [0.1, 0.15) is 28.9 Å². The van der Waals surface area contributed by atoms with Crippen molar-refractivity contribution >= 4 is 59.9 Å². The van der Waals surface area contributed by atoms with Crippen LogP contribution in [0.5, 0.6) is 0 Å². The van der Waals surface area contributed by atoms with Crippen molar-refractivity contribution in [3.05, 3.63) is 174 Å². The minimum absolute atomic E-state index is 0.149. The van der Waals surface area contributed by atoms with E-state index in [0.29, 0.717) is 0 Å². The van der Waals surface area contributed by atoms with E-state index in [9.17, 15) is 0 Å². The minimum atomic E-state index is -0.346. The minimum Gasteiger partial charge on any atom is -0.312 e. The molecule has 8 aromatic rings. The lowest BCUT2D eigenvalue weighted by molar-refractivity contribution is 0.511. The van der Waals surface area contributed by atoms with Crippen LogP contribution in [0.3, 0.4) is 0 Å². The maximum Gasteiger partial charge on any atom is 0.0817 e. The van der Waals surface area contributed by atoms with Crippen molar-refractivity contribution < 1.29 is 0 Å². The zero-order valence-electron chi connectivity index (χ0n) is 24.3. The molecule has 2 atom stereocenters. The van der Waals surface area contributed by atoms with Crippen LogP contribution in [-0.2, 0) is 0 Å². The lowest BCUT2D eigenvalue weighted by Crippen LogP contribution is -2.31. The molecule has 0 aromatic heterocycles. The predicted molar refractivity (Wildman–Crippen MR) is 189 cm³/mol. The van der Waals surface area contributed by atoms with E-state index in [-0.39, 0.29) is 12.2 Å². The summed E-state index contributed by atoms with van der Waals surface area (Å²) in [6.07, 6.45) is 4.28. The first-order valence-electron chi connectivity index (χ1n) is 15.2. The third-order valence-electron chi connectivity index (χ3n) is 8.90. The molecule has 0 saturated heterocycles. The maximum absolute atomic E-state index is 6.87. The van der Waals surface area contributed by atoms with Gasteiger partial charge < -0.3 is 5.73 Å². The van der Waals surface area contributed by atoms with Gasteiger partial charge in [-0.25, -0.2) is 0 Å². The summed E-state index contributed by atoms with van der Waals surface area (Å²) in [4.78, 5) is 0. The molecule has 0 radical (unpaired) electrons. The number of nitrogens with two attached hydrogens (primary N) is 1. The molecule has 3 N–H and O–H groups in total. The molecule has 210 valence electrons. The van der Waals surface area contributed by atoms with Crippen LogP contribution in [0, 0.1) is 0 Å². The molecule has 0 bridgehead atoms. The Morgan fingerprint density at radius 1 is 0.477 bits per heavy atom. The van der Waals surface area contributed by atoms with Gasteiger partial charge in [0, 0.05) is 0 Å². The van der Waals surface area contributed by atoms with Crippen molar-refractivity contribution in [3.8, 4) is 0 Å². The predicted octanol–water partition coefficient (Wildman–Crippen LogP) is 10.5. The quantitative estimate of drug-likeness (QED) is 0.120. The number of hydrogen-bond donors (Lipinski definition) is 2. The summed E-state index contributed by atoms with van der Waals surface area (Å²) in [6, 6.07) is 54.0. The van der Waals surface area contributed by atoms with E-state index in [2.05, 4.69) is 151 Å². The molecule has 2 heteroatoms. The third-order valence-corrected chi connectivity index (χ3v) is 8.90. The molecule has 0 aliphatic rings. The molecule has 8 aromatic carbocycles. The number of rotatable bonds is 6. The van der Waals surface area contributed by atoms with Gasteiger partial charge in [-0.3, -0.25) is 5.32 Å². The highest BCUT2D eigenvalue weighted by Gasteiger charge is 2.18. The van der Waals surface area contributed by atoms with Crippen LogP contribution in [-0.4, -0.2) is 0 Å². The van der Waals surface area contributed by atoms with Gasteiger partial charge in [-0.1, -0.05) is 158 Å². The summed E-state index contributed by atoms with van der Waals surface area (Å²) in [7, 11) is 0. The number of fused-ring (bicyclic) bond motifs is 7. The third kappa shape index (κ3) is 4.62. The molecule has 0 heterocycles. The maximum atomic E-state index is 6.87.